The number of benzene rings is 3. The lowest BCUT2D eigenvalue weighted by atomic mass is 9.96. The Morgan fingerprint density at radius 3 is 2.29 bits per heavy atom. The molecule has 0 radical (unpaired) electrons. The summed E-state index contributed by atoms with van der Waals surface area (Å²) < 4.78 is 35.0. The van der Waals surface area contributed by atoms with E-state index in [0.717, 1.165) is 63.4 Å². The summed E-state index contributed by atoms with van der Waals surface area (Å²) in [6.45, 7) is 5.59. The fourth-order valence-corrected chi connectivity index (χ4v) is 6.36. The molecule has 4 aromatic rings. The topological polar surface area (TPSA) is 67.6 Å². The highest BCUT2D eigenvalue weighted by molar-refractivity contribution is 7.93. The second-order valence-corrected chi connectivity index (χ2v) is 10.9. The number of amides is 1. The van der Waals surface area contributed by atoms with E-state index in [4.69, 9.17) is 4.42 Å². The Morgan fingerprint density at radius 2 is 1.56 bits per heavy atom. The minimum Gasteiger partial charge on any atom is -0.461 e. The number of fused-ring (bicyclic) bond motifs is 3. The molecule has 1 heterocycles. The molecule has 0 saturated heterocycles. The molecule has 1 aliphatic rings. The fraction of sp³-hybridized carbons (Fsp3) is 0.250. The Bertz CT molecular complexity index is 1510. The van der Waals surface area contributed by atoms with Gasteiger partial charge in [-0.1, -0.05) is 35.4 Å². The molecule has 0 spiro atoms. The van der Waals surface area contributed by atoms with Crippen LogP contribution in [0.3, 0.4) is 0 Å². The van der Waals surface area contributed by atoms with E-state index >= 15 is 0 Å². The van der Waals surface area contributed by atoms with E-state index in [-0.39, 0.29) is 4.90 Å². The zero-order valence-corrected chi connectivity index (χ0v) is 20.4. The van der Waals surface area contributed by atoms with Gasteiger partial charge in [-0.3, -0.25) is 4.79 Å². The van der Waals surface area contributed by atoms with E-state index in [2.05, 4.69) is 0 Å². The molecule has 1 amide bonds. The Morgan fingerprint density at radius 1 is 0.853 bits per heavy atom. The first-order chi connectivity index (χ1) is 16.3. The summed E-state index contributed by atoms with van der Waals surface area (Å²) in [5.74, 6) is 0.378. The van der Waals surface area contributed by atoms with Crippen molar-refractivity contribution in [1.82, 2.24) is 0 Å². The molecule has 6 heteroatoms. The van der Waals surface area contributed by atoms with Gasteiger partial charge in [0.25, 0.3) is 15.9 Å². The second-order valence-electron chi connectivity index (χ2n) is 9.10. The fourth-order valence-electron chi connectivity index (χ4n) is 4.74. The Labute approximate surface area is 200 Å². The molecule has 0 fully saturated rings. The van der Waals surface area contributed by atoms with Gasteiger partial charge in [0.2, 0.25) is 0 Å². The molecule has 0 N–H and O–H groups in total. The van der Waals surface area contributed by atoms with Crippen molar-refractivity contribution in [3.05, 3.63) is 94.2 Å². The minimum atomic E-state index is -4.18. The number of hydrogen-bond acceptors (Lipinski definition) is 4. The summed E-state index contributed by atoms with van der Waals surface area (Å²) in [5.41, 5.74) is 5.02. The highest BCUT2D eigenvalue weighted by atomic mass is 32.2. The van der Waals surface area contributed by atoms with Crippen LogP contribution in [0.1, 0.15) is 51.2 Å². The molecule has 1 aromatic heterocycles. The summed E-state index contributed by atoms with van der Waals surface area (Å²) in [5, 5.41) is 0.879. The number of sulfonamides is 1. The largest absolute Gasteiger partial charge is 0.461 e. The number of carbonyl (C=O) groups excluding carboxylic acids is 1. The molecule has 0 aliphatic heterocycles. The molecule has 0 unspecified atom stereocenters. The number of furan rings is 1. The Balaban J connectivity index is 1.71. The number of aryl methyl sites for hydroxylation is 5. The van der Waals surface area contributed by atoms with Gasteiger partial charge in [-0.15, -0.1) is 0 Å². The predicted octanol–water partition coefficient (Wildman–Crippen LogP) is 6.27. The van der Waals surface area contributed by atoms with Crippen LogP contribution >= 0.6 is 0 Å². The lowest BCUT2D eigenvalue weighted by molar-refractivity contribution is 0.101. The first-order valence-electron chi connectivity index (χ1n) is 11.5. The van der Waals surface area contributed by atoms with Gasteiger partial charge in [0.15, 0.2) is 0 Å². The van der Waals surface area contributed by atoms with E-state index in [1.54, 1.807) is 49.4 Å². The molecule has 0 bridgehead atoms. The Kier molecular flexibility index (Phi) is 5.56. The minimum absolute atomic E-state index is 0.118. The van der Waals surface area contributed by atoms with Crippen molar-refractivity contribution in [2.24, 2.45) is 0 Å². The first-order valence-corrected chi connectivity index (χ1v) is 13.0. The SMILES string of the molecule is Cc1ccc(C(=O)N(c2ccc3oc4c(c3c2)CCCC4)S(=O)(=O)c2ccc(C)cc2C)cc1. The van der Waals surface area contributed by atoms with Crippen LogP contribution in [0.15, 0.2) is 70.0 Å². The van der Waals surface area contributed by atoms with Crippen LogP contribution in [-0.2, 0) is 22.9 Å². The lowest BCUT2D eigenvalue weighted by Crippen LogP contribution is -2.37. The smallest absolute Gasteiger partial charge is 0.272 e. The molecular formula is C28H27NO4S. The lowest BCUT2D eigenvalue weighted by Gasteiger charge is -2.24. The van der Waals surface area contributed by atoms with E-state index < -0.39 is 15.9 Å². The monoisotopic (exact) mass is 473 g/mol. The maximum atomic E-state index is 14.0. The van der Waals surface area contributed by atoms with Gasteiger partial charge in [-0.05, 0) is 82.0 Å². The van der Waals surface area contributed by atoms with Gasteiger partial charge in [-0.25, -0.2) is 8.42 Å². The zero-order chi connectivity index (χ0) is 24.0. The molecular weight excluding hydrogens is 446 g/mol. The maximum absolute atomic E-state index is 14.0. The Hall–Kier alpha value is -3.38. The third-order valence-corrected chi connectivity index (χ3v) is 8.38. The van der Waals surface area contributed by atoms with Crippen molar-refractivity contribution < 1.29 is 17.6 Å². The summed E-state index contributed by atoms with van der Waals surface area (Å²) in [7, 11) is -4.18. The van der Waals surface area contributed by atoms with Gasteiger partial charge in [-0.2, -0.15) is 4.31 Å². The van der Waals surface area contributed by atoms with Crippen molar-refractivity contribution in [2.75, 3.05) is 4.31 Å². The maximum Gasteiger partial charge on any atom is 0.272 e. The highest BCUT2D eigenvalue weighted by Crippen LogP contribution is 2.36. The number of carbonyl (C=O) groups is 1. The van der Waals surface area contributed by atoms with Crippen molar-refractivity contribution in [3.8, 4) is 0 Å². The third-order valence-electron chi connectivity index (χ3n) is 6.50. The van der Waals surface area contributed by atoms with E-state index in [9.17, 15) is 13.2 Å². The third kappa shape index (κ3) is 3.82. The van der Waals surface area contributed by atoms with E-state index in [1.165, 1.54) is 0 Å². The van der Waals surface area contributed by atoms with Gasteiger partial charge < -0.3 is 4.42 Å². The van der Waals surface area contributed by atoms with Crippen molar-refractivity contribution in [2.45, 2.75) is 51.3 Å². The molecule has 0 atom stereocenters. The number of rotatable bonds is 4. The van der Waals surface area contributed by atoms with Gasteiger partial charge in [0.1, 0.15) is 11.3 Å². The average molecular weight is 474 g/mol. The molecule has 174 valence electrons. The number of anilines is 1. The van der Waals surface area contributed by atoms with Crippen LogP contribution in [-0.4, -0.2) is 14.3 Å². The predicted molar refractivity (Wildman–Crippen MR) is 134 cm³/mol. The normalized spacial score (nSPS) is 13.6. The summed E-state index contributed by atoms with van der Waals surface area (Å²) in [6.07, 6.45) is 3.92. The molecule has 1 aliphatic carbocycles. The van der Waals surface area contributed by atoms with Gasteiger partial charge >= 0.3 is 0 Å². The van der Waals surface area contributed by atoms with Gasteiger partial charge in [0, 0.05) is 22.9 Å². The molecule has 5 rings (SSSR count). The molecule has 5 nitrogen and oxygen atoms in total. The molecule has 3 aromatic carbocycles. The van der Waals surface area contributed by atoms with Crippen molar-refractivity contribution in [3.63, 3.8) is 0 Å². The highest BCUT2D eigenvalue weighted by Gasteiger charge is 2.33. The quantitative estimate of drug-likeness (QED) is 0.350. The van der Waals surface area contributed by atoms with Gasteiger partial charge in [0.05, 0.1) is 10.6 Å². The summed E-state index contributed by atoms with van der Waals surface area (Å²) in [4.78, 5) is 13.9. The second kappa shape index (κ2) is 8.44. The van der Waals surface area contributed by atoms with Crippen LogP contribution < -0.4 is 4.31 Å². The van der Waals surface area contributed by atoms with E-state index in [1.807, 2.05) is 32.0 Å². The molecule has 34 heavy (non-hydrogen) atoms. The zero-order valence-electron chi connectivity index (χ0n) is 19.6. The van der Waals surface area contributed by atoms with E-state index in [0.29, 0.717) is 16.8 Å². The number of hydrogen-bond donors (Lipinski definition) is 0. The van der Waals surface area contributed by atoms with Crippen molar-refractivity contribution in [1.29, 1.82) is 0 Å². The number of nitrogens with zero attached hydrogens (tertiary/aromatic N) is 1. The van der Waals surface area contributed by atoms with Crippen LogP contribution in [0.4, 0.5) is 5.69 Å². The van der Waals surface area contributed by atoms with Crippen LogP contribution in [0.25, 0.3) is 11.0 Å². The summed E-state index contributed by atoms with van der Waals surface area (Å²) in [6, 6.07) is 17.3. The molecule has 0 saturated carbocycles. The van der Waals surface area contributed by atoms with Crippen LogP contribution in [0, 0.1) is 20.8 Å². The van der Waals surface area contributed by atoms with Crippen LogP contribution in [0.2, 0.25) is 0 Å². The standard InChI is InChI=1S/C28H27NO4S/c1-18-8-11-21(12-9-18)28(30)29(34(31,32)27-15-10-19(2)16-20(27)3)22-13-14-26-24(17-22)23-6-4-5-7-25(23)33-26/h8-17H,4-7H2,1-3H3. The summed E-state index contributed by atoms with van der Waals surface area (Å²) >= 11 is 0. The van der Waals surface area contributed by atoms with Crippen molar-refractivity contribution >= 4 is 32.6 Å². The average Bonchev–Trinajstić information content (AvgIpc) is 3.17. The first kappa shape index (κ1) is 22.4. The van der Waals surface area contributed by atoms with Crippen LogP contribution in [0.5, 0.6) is 0 Å².